The smallest absolute Gasteiger partial charge is 0.404 e. The molecule has 31 heavy (non-hydrogen) atoms. The molecule has 3 amide bonds. The topological polar surface area (TPSA) is 212 Å². The van der Waals surface area contributed by atoms with Crippen molar-refractivity contribution in [3.05, 3.63) is 29.4 Å². The number of aliphatic carboxylic acids is 1. The van der Waals surface area contributed by atoms with Gasteiger partial charge >= 0.3 is 12.1 Å². The quantitative estimate of drug-likeness (QED) is 0.207. The van der Waals surface area contributed by atoms with Crippen molar-refractivity contribution in [1.29, 1.82) is 0 Å². The van der Waals surface area contributed by atoms with E-state index >= 15 is 0 Å². The third kappa shape index (κ3) is 4.35. The summed E-state index contributed by atoms with van der Waals surface area (Å²) >= 11 is 1.19. The Morgan fingerprint density at radius 1 is 1.45 bits per heavy atom. The third-order valence-corrected chi connectivity index (χ3v) is 5.55. The monoisotopic (exact) mass is 451 g/mol. The van der Waals surface area contributed by atoms with Gasteiger partial charge < -0.3 is 31.5 Å². The molecule has 2 aliphatic rings. The standard InChI is InChI=1S/C16H17N7O7S/c1-29-22-8(11-19-3-2-7(17)20-11)12(24)21-9-13(25)23-10(15(26)27)6(4-30-16(18)28)5-31-14(9)23/h2-3,9,14H,4-5H2,1H3,(H2,18,28)(H,21,24)(H,26,27)(H2,17,19,20)/t9?,14-/m1/s1. The largest absolute Gasteiger partial charge is 0.477 e. The number of nitrogens with zero attached hydrogens (tertiary/aromatic N) is 4. The minimum atomic E-state index is -1.37. The van der Waals surface area contributed by atoms with E-state index in [0.717, 1.165) is 4.90 Å². The number of nitrogen functional groups attached to an aromatic ring is 1. The van der Waals surface area contributed by atoms with Gasteiger partial charge in [-0.05, 0) is 6.07 Å². The number of nitrogens with two attached hydrogens (primary N) is 2. The van der Waals surface area contributed by atoms with Crippen LogP contribution in [0.4, 0.5) is 10.6 Å². The summed E-state index contributed by atoms with van der Waals surface area (Å²) in [6, 6.07) is 0.380. The number of aromatic nitrogens is 2. The second-order valence-electron chi connectivity index (χ2n) is 6.15. The number of carboxylic acid groups (broad SMARTS) is 1. The molecule has 0 spiro atoms. The molecule has 15 heteroatoms. The fraction of sp³-hybridized carbons (Fsp3) is 0.312. The minimum Gasteiger partial charge on any atom is -0.477 e. The number of hydrogen-bond donors (Lipinski definition) is 4. The lowest BCUT2D eigenvalue weighted by atomic mass is 10.0. The molecule has 0 aliphatic carbocycles. The van der Waals surface area contributed by atoms with Crippen LogP contribution < -0.4 is 16.8 Å². The SMILES string of the molecule is CON=C(C(=O)NC1C(=O)N2C(C(=O)O)=C(COC(N)=O)CS[C@H]12)c1nccc(N)n1. The van der Waals surface area contributed by atoms with Crippen molar-refractivity contribution in [1.82, 2.24) is 20.2 Å². The number of fused-ring (bicyclic) bond motifs is 1. The number of hydrogen-bond acceptors (Lipinski definition) is 11. The molecule has 0 radical (unpaired) electrons. The van der Waals surface area contributed by atoms with Gasteiger partial charge in [-0.15, -0.1) is 11.8 Å². The summed E-state index contributed by atoms with van der Waals surface area (Å²) < 4.78 is 4.66. The molecule has 0 aromatic carbocycles. The summed E-state index contributed by atoms with van der Waals surface area (Å²) in [6.45, 7) is -0.366. The van der Waals surface area contributed by atoms with Crippen LogP contribution in [0.3, 0.4) is 0 Å². The molecule has 1 fully saturated rings. The van der Waals surface area contributed by atoms with Crippen molar-refractivity contribution in [3.63, 3.8) is 0 Å². The molecule has 1 saturated heterocycles. The van der Waals surface area contributed by atoms with E-state index < -0.39 is 35.3 Å². The predicted octanol–water partition coefficient (Wildman–Crippen LogP) is -1.76. The van der Waals surface area contributed by atoms with Gasteiger partial charge in [0.05, 0.1) is 0 Å². The van der Waals surface area contributed by atoms with Crippen LogP contribution in [0.15, 0.2) is 28.7 Å². The van der Waals surface area contributed by atoms with E-state index in [1.54, 1.807) is 0 Å². The minimum absolute atomic E-state index is 0.0947. The number of thioether (sulfide) groups is 1. The summed E-state index contributed by atoms with van der Waals surface area (Å²) in [5.74, 6) is -2.72. The molecule has 0 saturated carbocycles. The predicted molar refractivity (Wildman–Crippen MR) is 105 cm³/mol. The molecular weight excluding hydrogens is 434 g/mol. The zero-order valence-electron chi connectivity index (χ0n) is 16.0. The van der Waals surface area contributed by atoms with E-state index in [9.17, 15) is 24.3 Å². The van der Waals surface area contributed by atoms with Crippen LogP contribution in [0, 0.1) is 0 Å². The van der Waals surface area contributed by atoms with Crippen molar-refractivity contribution in [2.75, 3.05) is 25.2 Å². The number of anilines is 1. The number of carbonyl (C=O) groups is 4. The van der Waals surface area contributed by atoms with E-state index in [0.29, 0.717) is 0 Å². The Hall–Kier alpha value is -3.88. The molecule has 14 nitrogen and oxygen atoms in total. The highest BCUT2D eigenvalue weighted by molar-refractivity contribution is 8.00. The fourth-order valence-electron chi connectivity index (χ4n) is 2.92. The maximum atomic E-state index is 12.7. The lowest BCUT2D eigenvalue weighted by Gasteiger charge is -2.49. The summed E-state index contributed by atoms with van der Waals surface area (Å²) in [5.41, 5.74) is 10.1. The number of amides is 3. The summed E-state index contributed by atoms with van der Waals surface area (Å²) in [5, 5.41) is 14.9. The Bertz CT molecular complexity index is 1010. The Kier molecular flexibility index (Phi) is 6.24. The molecule has 0 bridgehead atoms. The lowest BCUT2D eigenvalue weighted by molar-refractivity contribution is -0.150. The molecule has 1 unspecified atom stereocenters. The molecule has 2 aliphatic heterocycles. The normalized spacial score (nSPS) is 20.5. The van der Waals surface area contributed by atoms with Gasteiger partial charge in [-0.2, -0.15) is 0 Å². The number of ether oxygens (including phenoxy) is 1. The Morgan fingerprint density at radius 3 is 2.81 bits per heavy atom. The zero-order chi connectivity index (χ0) is 22.7. The van der Waals surface area contributed by atoms with Crippen molar-refractivity contribution in [2.24, 2.45) is 10.9 Å². The molecule has 164 valence electrons. The van der Waals surface area contributed by atoms with Crippen LogP contribution in [0.2, 0.25) is 0 Å². The van der Waals surface area contributed by atoms with Gasteiger partial charge in [-0.3, -0.25) is 14.5 Å². The summed E-state index contributed by atoms with van der Waals surface area (Å²) in [4.78, 5) is 61.4. The molecule has 6 N–H and O–H groups in total. The second-order valence-corrected chi connectivity index (χ2v) is 7.26. The molecule has 3 rings (SSSR count). The molecule has 1 aromatic heterocycles. The van der Waals surface area contributed by atoms with E-state index in [-0.39, 0.29) is 41.0 Å². The first kappa shape index (κ1) is 21.8. The average Bonchev–Trinajstić information content (AvgIpc) is 2.73. The number of rotatable bonds is 7. The summed E-state index contributed by atoms with van der Waals surface area (Å²) in [6.07, 6.45) is 0.251. The van der Waals surface area contributed by atoms with Gasteiger partial charge in [0.25, 0.3) is 11.8 Å². The number of carboxylic acids is 1. The number of oxime groups is 1. The van der Waals surface area contributed by atoms with Crippen molar-refractivity contribution in [2.45, 2.75) is 11.4 Å². The van der Waals surface area contributed by atoms with Gasteiger partial charge in [0.15, 0.2) is 5.82 Å². The van der Waals surface area contributed by atoms with E-state index in [1.165, 1.54) is 31.1 Å². The Labute approximate surface area is 178 Å². The number of nitrogens with one attached hydrogen (secondary N) is 1. The van der Waals surface area contributed by atoms with Crippen LogP contribution in [-0.2, 0) is 24.0 Å². The molecular formula is C16H17N7O7S. The van der Waals surface area contributed by atoms with Crippen LogP contribution in [-0.4, -0.2) is 80.4 Å². The Balaban J connectivity index is 1.79. The highest BCUT2D eigenvalue weighted by Gasteiger charge is 2.54. The van der Waals surface area contributed by atoms with E-state index in [2.05, 4.69) is 30.0 Å². The van der Waals surface area contributed by atoms with E-state index in [4.69, 9.17) is 11.5 Å². The third-order valence-electron chi connectivity index (χ3n) is 4.21. The summed E-state index contributed by atoms with van der Waals surface area (Å²) in [7, 11) is 1.21. The number of primary amides is 1. The molecule has 3 heterocycles. The number of β-lactam (4-membered cyclic amide) rings is 1. The van der Waals surface area contributed by atoms with Gasteiger partial charge in [0, 0.05) is 17.5 Å². The van der Waals surface area contributed by atoms with Crippen molar-refractivity contribution < 1.29 is 33.9 Å². The van der Waals surface area contributed by atoms with Crippen LogP contribution >= 0.6 is 11.8 Å². The first-order chi connectivity index (χ1) is 14.7. The zero-order valence-corrected chi connectivity index (χ0v) is 16.8. The lowest BCUT2D eigenvalue weighted by Crippen LogP contribution is -2.71. The van der Waals surface area contributed by atoms with Crippen LogP contribution in [0.5, 0.6) is 0 Å². The van der Waals surface area contributed by atoms with Gasteiger partial charge in [-0.1, -0.05) is 5.16 Å². The fourth-order valence-corrected chi connectivity index (χ4v) is 4.25. The average molecular weight is 451 g/mol. The highest BCUT2D eigenvalue weighted by Crippen LogP contribution is 2.40. The van der Waals surface area contributed by atoms with Crippen molar-refractivity contribution >= 4 is 47.2 Å². The highest BCUT2D eigenvalue weighted by atomic mass is 32.2. The van der Waals surface area contributed by atoms with Crippen LogP contribution in [0.1, 0.15) is 5.82 Å². The first-order valence-corrected chi connectivity index (χ1v) is 9.62. The second kappa shape index (κ2) is 8.86. The van der Waals surface area contributed by atoms with Crippen LogP contribution in [0.25, 0.3) is 0 Å². The molecule has 2 atom stereocenters. The van der Waals surface area contributed by atoms with Gasteiger partial charge in [-0.25, -0.2) is 19.6 Å². The molecule has 1 aromatic rings. The van der Waals surface area contributed by atoms with E-state index in [1.807, 2.05) is 0 Å². The number of carbonyl (C=O) groups excluding carboxylic acids is 3. The van der Waals surface area contributed by atoms with Gasteiger partial charge in [0.2, 0.25) is 5.71 Å². The van der Waals surface area contributed by atoms with Crippen molar-refractivity contribution in [3.8, 4) is 0 Å². The van der Waals surface area contributed by atoms with Gasteiger partial charge in [0.1, 0.15) is 36.6 Å². The Morgan fingerprint density at radius 2 is 2.19 bits per heavy atom. The first-order valence-electron chi connectivity index (χ1n) is 8.57. The maximum Gasteiger partial charge on any atom is 0.404 e. The maximum absolute atomic E-state index is 12.7.